The fraction of sp³-hybridized carbons (Fsp3) is 0.167. The average Bonchev–Trinajstić information content (AvgIpc) is 2.41. The molecule has 2 aromatic rings. The topological polar surface area (TPSA) is 38.2 Å². The van der Waals surface area contributed by atoms with E-state index in [-0.39, 0.29) is 5.28 Å². The predicted octanol–water partition coefficient (Wildman–Crippen LogP) is 3.67. The van der Waals surface area contributed by atoms with Gasteiger partial charge in [0.25, 0.3) is 0 Å². The number of aromatic nitrogens is 2. The van der Waals surface area contributed by atoms with Crippen molar-refractivity contribution in [2.45, 2.75) is 0 Å². The smallest absolute Gasteiger partial charge is 0.224 e. The van der Waals surface area contributed by atoms with Crippen molar-refractivity contribution in [2.24, 2.45) is 0 Å². The van der Waals surface area contributed by atoms with E-state index in [0.717, 1.165) is 15.9 Å². The fourth-order valence-electron chi connectivity index (χ4n) is 1.50. The van der Waals surface area contributed by atoms with E-state index in [1.54, 1.807) is 13.3 Å². The highest BCUT2D eigenvalue weighted by atomic mass is 79.9. The summed E-state index contributed by atoms with van der Waals surface area (Å²) in [4.78, 5) is 10.0. The number of methoxy groups -OCH3 is 1. The Morgan fingerprint density at radius 3 is 2.56 bits per heavy atom. The Morgan fingerprint density at radius 2 is 1.94 bits per heavy atom. The van der Waals surface area contributed by atoms with Gasteiger partial charge >= 0.3 is 0 Å². The minimum atomic E-state index is 0.216. The maximum absolute atomic E-state index is 5.81. The standard InChI is InChI=1S/C12H11BrClN3O/c1-17(8-3-5-9(18-2)6-4-8)11-10(13)7-15-12(14)16-11/h3-7H,1-2H3. The van der Waals surface area contributed by atoms with Crippen molar-refractivity contribution in [1.29, 1.82) is 0 Å². The van der Waals surface area contributed by atoms with E-state index in [1.807, 2.05) is 36.2 Å². The quantitative estimate of drug-likeness (QED) is 0.806. The molecule has 1 aromatic carbocycles. The van der Waals surface area contributed by atoms with E-state index in [1.165, 1.54) is 0 Å². The summed E-state index contributed by atoms with van der Waals surface area (Å²) in [5.74, 6) is 1.52. The van der Waals surface area contributed by atoms with E-state index in [0.29, 0.717) is 5.82 Å². The van der Waals surface area contributed by atoms with Gasteiger partial charge < -0.3 is 9.64 Å². The maximum Gasteiger partial charge on any atom is 0.224 e. The molecule has 0 radical (unpaired) electrons. The molecule has 0 spiro atoms. The van der Waals surface area contributed by atoms with Gasteiger partial charge in [-0.05, 0) is 51.8 Å². The molecule has 1 aromatic heterocycles. The Morgan fingerprint density at radius 1 is 1.28 bits per heavy atom. The first kappa shape index (κ1) is 13.1. The van der Waals surface area contributed by atoms with Crippen LogP contribution in [-0.4, -0.2) is 24.1 Å². The number of halogens is 2. The normalized spacial score (nSPS) is 10.2. The van der Waals surface area contributed by atoms with Crippen LogP contribution < -0.4 is 9.64 Å². The number of benzene rings is 1. The molecule has 0 amide bonds. The number of hydrogen-bond acceptors (Lipinski definition) is 4. The highest BCUT2D eigenvalue weighted by Crippen LogP contribution is 2.30. The minimum Gasteiger partial charge on any atom is -0.497 e. The molecule has 18 heavy (non-hydrogen) atoms. The van der Waals surface area contributed by atoms with Gasteiger partial charge in [-0.3, -0.25) is 0 Å². The summed E-state index contributed by atoms with van der Waals surface area (Å²) >= 11 is 9.21. The van der Waals surface area contributed by atoms with Gasteiger partial charge in [0, 0.05) is 18.9 Å². The summed E-state index contributed by atoms with van der Waals surface area (Å²) in [5.41, 5.74) is 0.978. The minimum absolute atomic E-state index is 0.216. The van der Waals surface area contributed by atoms with E-state index in [9.17, 15) is 0 Å². The molecular formula is C12H11BrClN3O. The number of rotatable bonds is 3. The summed E-state index contributed by atoms with van der Waals surface area (Å²) in [6.07, 6.45) is 1.63. The molecular weight excluding hydrogens is 318 g/mol. The summed E-state index contributed by atoms with van der Waals surface area (Å²) in [6, 6.07) is 7.67. The van der Waals surface area contributed by atoms with Gasteiger partial charge in [-0.1, -0.05) is 0 Å². The summed E-state index contributed by atoms with van der Waals surface area (Å²) < 4.78 is 5.91. The van der Waals surface area contributed by atoms with Gasteiger partial charge in [0.05, 0.1) is 11.6 Å². The van der Waals surface area contributed by atoms with Crippen LogP contribution in [0.25, 0.3) is 0 Å². The van der Waals surface area contributed by atoms with Gasteiger partial charge in [0.15, 0.2) is 5.82 Å². The molecule has 0 bridgehead atoms. The Kier molecular flexibility index (Phi) is 4.04. The summed E-state index contributed by atoms with van der Waals surface area (Å²) in [7, 11) is 3.55. The van der Waals surface area contributed by atoms with Crippen molar-refractivity contribution in [3.05, 3.63) is 40.2 Å². The molecule has 0 aliphatic heterocycles. The lowest BCUT2D eigenvalue weighted by Gasteiger charge is -2.19. The molecule has 0 saturated heterocycles. The Labute approximate surface area is 119 Å². The number of hydrogen-bond donors (Lipinski definition) is 0. The van der Waals surface area contributed by atoms with Gasteiger partial charge in [-0.15, -0.1) is 0 Å². The second-order valence-corrected chi connectivity index (χ2v) is 4.76. The third kappa shape index (κ3) is 2.73. The second kappa shape index (κ2) is 5.54. The molecule has 0 atom stereocenters. The fourth-order valence-corrected chi connectivity index (χ4v) is 2.09. The molecule has 94 valence electrons. The van der Waals surface area contributed by atoms with Gasteiger partial charge in [0.1, 0.15) is 5.75 Å². The van der Waals surface area contributed by atoms with Crippen LogP contribution in [-0.2, 0) is 0 Å². The number of nitrogens with zero attached hydrogens (tertiary/aromatic N) is 3. The van der Waals surface area contributed by atoms with Crippen molar-refractivity contribution in [3.8, 4) is 5.75 Å². The molecule has 4 nitrogen and oxygen atoms in total. The van der Waals surface area contributed by atoms with Crippen LogP contribution in [0.5, 0.6) is 5.75 Å². The Balaban J connectivity index is 2.34. The molecule has 1 heterocycles. The van der Waals surface area contributed by atoms with Crippen LogP contribution >= 0.6 is 27.5 Å². The van der Waals surface area contributed by atoms with Crippen molar-refractivity contribution in [3.63, 3.8) is 0 Å². The summed E-state index contributed by atoms with van der Waals surface area (Å²) in [5, 5.41) is 0.216. The molecule has 0 saturated carbocycles. The second-order valence-electron chi connectivity index (χ2n) is 3.57. The maximum atomic E-state index is 5.81. The van der Waals surface area contributed by atoms with Crippen LogP contribution in [0, 0.1) is 0 Å². The zero-order valence-corrected chi connectivity index (χ0v) is 12.2. The van der Waals surface area contributed by atoms with E-state index >= 15 is 0 Å². The van der Waals surface area contributed by atoms with E-state index in [4.69, 9.17) is 16.3 Å². The molecule has 2 rings (SSSR count). The van der Waals surface area contributed by atoms with Crippen LogP contribution in [0.2, 0.25) is 5.28 Å². The lowest BCUT2D eigenvalue weighted by Crippen LogP contribution is -2.12. The zero-order valence-electron chi connectivity index (χ0n) is 9.89. The molecule has 0 aliphatic rings. The first-order valence-electron chi connectivity index (χ1n) is 5.17. The lowest BCUT2D eigenvalue weighted by molar-refractivity contribution is 0.415. The molecule has 6 heteroatoms. The molecule has 0 N–H and O–H groups in total. The highest BCUT2D eigenvalue weighted by Gasteiger charge is 2.11. The van der Waals surface area contributed by atoms with Crippen LogP contribution in [0.3, 0.4) is 0 Å². The average molecular weight is 329 g/mol. The van der Waals surface area contributed by atoms with Crippen LogP contribution in [0.4, 0.5) is 11.5 Å². The number of anilines is 2. The largest absolute Gasteiger partial charge is 0.497 e. The number of ether oxygens (including phenoxy) is 1. The molecule has 0 aliphatic carbocycles. The molecule has 0 fully saturated rings. The SMILES string of the molecule is COc1ccc(N(C)c2nc(Cl)ncc2Br)cc1. The first-order valence-corrected chi connectivity index (χ1v) is 6.34. The Bertz CT molecular complexity index is 548. The highest BCUT2D eigenvalue weighted by molar-refractivity contribution is 9.10. The Hall–Kier alpha value is -1.33. The predicted molar refractivity (Wildman–Crippen MR) is 75.8 cm³/mol. The van der Waals surface area contributed by atoms with Crippen LogP contribution in [0.15, 0.2) is 34.9 Å². The van der Waals surface area contributed by atoms with Crippen LogP contribution in [0.1, 0.15) is 0 Å². The van der Waals surface area contributed by atoms with Gasteiger partial charge in [-0.2, -0.15) is 4.98 Å². The van der Waals surface area contributed by atoms with Crippen molar-refractivity contribution >= 4 is 39.0 Å². The van der Waals surface area contributed by atoms with Crippen molar-refractivity contribution < 1.29 is 4.74 Å². The summed E-state index contributed by atoms with van der Waals surface area (Å²) in [6.45, 7) is 0. The van der Waals surface area contributed by atoms with Gasteiger partial charge in [-0.25, -0.2) is 4.98 Å². The third-order valence-electron chi connectivity index (χ3n) is 2.47. The monoisotopic (exact) mass is 327 g/mol. The first-order chi connectivity index (χ1) is 8.61. The van der Waals surface area contributed by atoms with Crippen molar-refractivity contribution in [1.82, 2.24) is 9.97 Å². The third-order valence-corrected chi connectivity index (χ3v) is 3.22. The lowest BCUT2D eigenvalue weighted by atomic mass is 10.3. The van der Waals surface area contributed by atoms with Gasteiger partial charge in [0.2, 0.25) is 5.28 Å². The zero-order chi connectivity index (χ0) is 13.1. The van der Waals surface area contributed by atoms with E-state index < -0.39 is 0 Å². The van der Waals surface area contributed by atoms with E-state index in [2.05, 4.69) is 25.9 Å². The molecule has 0 unspecified atom stereocenters. The van der Waals surface area contributed by atoms with Crippen molar-refractivity contribution in [2.75, 3.05) is 19.1 Å².